The van der Waals surface area contributed by atoms with Gasteiger partial charge in [-0.2, -0.15) is 0 Å². The van der Waals surface area contributed by atoms with Crippen molar-refractivity contribution < 1.29 is 23.0 Å². The molecule has 0 aliphatic rings. The average molecular weight is 223 g/mol. The van der Waals surface area contributed by atoms with E-state index in [9.17, 15) is 13.3 Å². The Morgan fingerprint density at radius 2 is 2.00 bits per heavy atom. The summed E-state index contributed by atoms with van der Waals surface area (Å²) in [6.07, 6.45) is -4.53. The van der Waals surface area contributed by atoms with E-state index in [2.05, 4.69) is 4.52 Å². The van der Waals surface area contributed by atoms with Gasteiger partial charge in [-0.15, -0.1) is 0 Å². The summed E-state index contributed by atoms with van der Waals surface area (Å²) in [7, 11) is 0. The maximum atomic E-state index is 12.7. The van der Waals surface area contributed by atoms with E-state index in [0.717, 1.165) is 13.6 Å². The Bertz CT molecular complexity index is 184. The molecule has 0 spiro atoms. The maximum Gasteiger partial charge on any atom is 0.289 e. The average Bonchev–Trinajstić information content (AvgIpc) is 1.82. The van der Waals surface area contributed by atoms with E-state index < -0.39 is 25.4 Å². The van der Waals surface area contributed by atoms with Crippen LogP contribution in [0.15, 0.2) is 0 Å². The van der Waals surface area contributed by atoms with Crippen molar-refractivity contribution >= 4 is 18.0 Å². The minimum absolute atomic E-state index is 0.985. The molecular formula is C5H10ClF2O3P. The summed E-state index contributed by atoms with van der Waals surface area (Å²) in [5.74, 6) is -1.41. The number of hydrogen-bond acceptors (Lipinski definition) is 3. The second kappa shape index (κ2) is 4.51. The largest absolute Gasteiger partial charge is 0.364 e. The highest BCUT2D eigenvalue weighted by atomic mass is 35.7. The normalized spacial score (nSPS) is 24.2. The van der Waals surface area contributed by atoms with Gasteiger partial charge in [0, 0.05) is 6.66 Å². The third-order valence-electron chi connectivity index (χ3n) is 1.14. The van der Waals surface area contributed by atoms with Crippen molar-refractivity contribution in [2.45, 2.75) is 19.6 Å². The molecule has 0 saturated heterocycles. The quantitative estimate of drug-likeness (QED) is 0.743. The summed E-state index contributed by atoms with van der Waals surface area (Å²) in [4.78, 5) is 0. The second-order valence-corrected chi connectivity index (χ2v) is 5.98. The van der Waals surface area contributed by atoms with Crippen LogP contribution in [0.25, 0.3) is 0 Å². The van der Waals surface area contributed by atoms with Gasteiger partial charge in [-0.25, -0.2) is 8.78 Å². The molecule has 74 valence electrons. The molecule has 0 aliphatic carbocycles. The fourth-order valence-electron chi connectivity index (χ4n) is 0.401. The van der Waals surface area contributed by atoms with Gasteiger partial charge in [-0.05, 0) is 11.2 Å². The molecule has 7 heteroatoms. The summed E-state index contributed by atoms with van der Waals surface area (Å²) >= 11 is 5.07. The predicted molar refractivity (Wildman–Crippen MR) is 41.6 cm³/mol. The molecule has 0 aromatic rings. The molecule has 0 aliphatic heterocycles. The van der Waals surface area contributed by atoms with Gasteiger partial charge in [0.1, 0.15) is 0 Å². The summed E-state index contributed by atoms with van der Waals surface area (Å²) in [6, 6.07) is 0. The Balaban J connectivity index is 4.04. The van der Waals surface area contributed by atoms with Crippen molar-refractivity contribution in [3.05, 3.63) is 0 Å². The van der Waals surface area contributed by atoms with Gasteiger partial charge in [0.15, 0.2) is 0 Å². The van der Waals surface area contributed by atoms with Crippen molar-refractivity contribution in [1.82, 2.24) is 0 Å². The van der Waals surface area contributed by atoms with Crippen LogP contribution < -0.4 is 0 Å². The first-order valence-corrected chi connectivity index (χ1v) is 6.13. The molecule has 3 nitrogen and oxygen atoms in total. The number of rotatable bonds is 4. The molecule has 12 heavy (non-hydrogen) atoms. The Kier molecular flexibility index (Phi) is 4.62. The molecule has 0 heterocycles. The molecule has 0 radical (unpaired) electrons. The van der Waals surface area contributed by atoms with Crippen molar-refractivity contribution in [2.75, 3.05) is 6.66 Å². The standard InChI is InChI=1S/C5H10ClF2O3P/c1-3(4(7)9)5(8)11-12(2,6)10/h3-5,9H,1-2H3. The topological polar surface area (TPSA) is 46.5 Å². The Morgan fingerprint density at radius 1 is 1.58 bits per heavy atom. The van der Waals surface area contributed by atoms with Gasteiger partial charge >= 0.3 is 0 Å². The van der Waals surface area contributed by atoms with Crippen LogP contribution in [0.4, 0.5) is 8.78 Å². The number of halogens is 3. The monoisotopic (exact) mass is 222 g/mol. The zero-order chi connectivity index (χ0) is 9.94. The van der Waals surface area contributed by atoms with Crippen molar-refractivity contribution in [1.29, 1.82) is 0 Å². The lowest BCUT2D eigenvalue weighted by Gasteiger charge is -2.18. The highest BCUT2D eigenvalue weighted by Crippen LogP contribution is 2.50. The van der Waals surface area contributed by atoms with Gasteiger partial charge < -0.3 is 5.11 Å². The van der Waals surface area contributed by atoms with E-state index in [0.29, 0.717) is 0 Å². The van der Waals surface area contributed by atoms with E-state index >= 15 is 0 Å². The lowest BCUT2D eigenvalue weighted by atomic mass is 10.2. The lowest BCUT2D eigenvalue weighted by molar-refractivity contribution is -0.0875. The molecular weight excluding hydrogens is 212 g/mol. The molecule has 4 unspecified atom stereocenters. The number of hydrogen-bond donors (Lipinski definition) is 1. The fraction of sp³-hybridized carbons (Fsp3) is 1.00. The van der Waals surface area contributed by atoms with Crippen LogP contribution in [-0.2, 0) is 9.09 Å². The predicted octanol–water partition coefficient (Wildman–Crippen LogP) is 2.28. The summed E-state index contributed by atoms with van der Waals surface area (Å²) in [5, 5.41) is 8.27. The van der Waals surface area contributed by atoms with E-state index in [1.165, 1.54) is 0 Å². The minimum atomic E-state index is -3.50. The smallest absolute Gasteiger partial charge is 0.289 e. The number of aliphatic hydroxyl groups is 1. The minimum Gasteiger partial charge on any atom is -0.364 e. The van der Waals surface area contributed by atoms with Gasteiger partial charge in [0.25, 0.3) is 6.72 Å². The molecule has 1 N–H and O–H groups in total. The van der Waals surface area contributed by atoms with Crippen LogP contribution in [-0.4, -0.2) is 24.5 Å². The molecule has 0 saturated carbocycles. The van der Waals surface area contributed by atoms with Gasteiger partial charge in [-0.3, -0.25) is 9.09 Å². The van der Waals surface area contributed by atoms with Crippen LogP contribution in [0.1, 0.15) is 6.92 Å². The van der Waals surface area contributed by atoms with Gasteiger partial charge in [0.05, 0.1) is 5.92 Å². The highest BCUT2D eigenvalue weighted by molar-refractivity contribution is 7.84. The van der Waals surface area contributed by atoms with Crippen molar-refractivity contribution in [3.8, 4) is 0 Å². The summed E-state index contributed by atoms with van der Waals surface area (Å²) in [5.41, 5.74) is 0. The molecule has 0 aromatic carbocycles. The van der Waals surface area contributed by atoms with Crippen LogP contribution in [0, 0.1) is 5.92 Å². The Hall–Kier alpha value is 0.300. The van der Waals surface area contributed by atoms with Crippen molar-refractivity contribution in [2.24, 2.45) is 5.92 Å². The fourth-order valence-corrected chi connectivity index (χ4v) is 1.18. The molecule has 0 rings (SSSR count). The Labute approximate surface area is 73.9 Å². The Morgan fingerprint density at radius 3 is 2.25 bits per heavy atom. The van der Waals surface area contributed by atoms with E-state index in [1.54, 1.807) is 0 Å². The van der Waals surface area contributed by atoms with Crippen LogP contribution in [0.2, 0.25) is 0 Å². The lowest BCUT2D eigenvalue weighted by Crippen LogP contribution is -2.24. The molecule has 4 atom stereocenters. The van der Waals surface area contributed by atoms with Crippen LogP contribution >= 0.6 is 18.0 Å². The van der Waals surface area contributed by atoms with E-state index in [4.69, 9.17) is 16.3 Å². The highest BCUT2D eigenvalue weighted by Gasteiger charge is 2.29. The number of alkyl halides is 2. The second-order valence-electron chi connectivity index (χ2n) is 2.44. The maximum absolute atomic E-state index is 12.7. The molecule has 0 fully saturated rings. The first-order valence-electron chi connectivity index (χ1n) is 3.16. The molecule has 0 aromatic heterocycles. The van der Waals surface area contributed by atoms with Crippen molar-refractivity contribution in [3.63, 3.8) is 0 Å². The first kappa shape index (κ1) is 12.3. The third-order valence-corrected chi connectivity index (χ3v) is 1.95. The SMILES string of the molecule is CC(C(O)F)C(F)OP(C)(=O)Cl. The van der Waals surface area contributed by atoms with Crippen LogP contribution in [0.5, 0.6) is 0 Å². The third kappa shape index (κ3) is 5.04. The summed E-state index contributed by atoms with van der Waals surface area (Å²) < 4.78 is 39.5. The number of aliphatic hydroxyl groups excluding tert-OH is 1. The van der Waals surface area contributed by atoms with E-state index in [1.807, 2.05) is 0 Å². The van der Waals surface area contributed by atoms with Gasteiger partial charge in [0.2, 0.25) is 12.7 Å². The van der Waals surface area contributed by atoms with E-state index in [-0.39, 0.29) is 0 Å². The molecule has 0 amide bonds. The van der Waals surface area contributed by atoms with Crippen LogP contribution in [0.3, 0.4) is 0 Å². The first-order chi connectivity index (χ1) is 5.24. The zero-order valence-electron chi connectivity index (χ0n) is 6.58. The zero-order valence-corrected chi connectivity index (χ0v) is 8.23. The summed E-state index contributed by atoms with van der Waals surface area (Å²) in [6.45, 7) is -1.44. The van der Waals surface area contributed by atoms with Gasteiger partial charge in [-0.1, -0.05) is 6.92 Å². The molecule has 0 bridgehead atoms.